The summed E-state index contributed by atoms with van der Waals surface area (Å²) < 4.78 is 2.06. The van der Waals surface area contributed by atoms with Crippen LogP contribution in [-0.4, -0.2) is 16.1 Å². The van der Waals surface area contributed by atoms with E-state index in [0.29, 0.717) is 6.04 Å². The zero-order chi connectivity index (χ0) is 12.1. The van der Waals surface area contributed by atoms with Crippen LogP contribution in [0.15, 0.2) is 43.0 Å². The van der Waals surface area contributed by atoms with Crippen LogP contribution >= 0.6 is 0 Å². The average Bonchev–Trinajstić information content (AvgIpc) is 2.89. The number of rotatable bonds is 5. The Hall–Kier alpha value is -1.61. The van der Waals surface area contributed by atoms with E-state index in [1.807, 2.05) is 12.5 Å². The molecule has 0 saturated heterocycles. The highest BCUT2D eigenvalue weighted by atomic mass is 15.0. The Kier molecular flexibility index (Phi) is 3.94. The van der Waals surface area contributed by atoms with E-state index < -0.39 is 0 Å². The molecule has 0 aliphatic carbocycles. The third-order valence-corrected chi connectivity index (χ3v) is 2.89. The molecule has 0 bridgehead atoms. The molecule has 2 rings (SSSR count). The van der Waals surface area contributed by atoms with Crippen LogP contribution in [0.1, 0.15) is 31.9 Å². The quantitative estimate of drug-likeness (QED) is 0.854. The first-order chi connectivity index (χ1) is 8.33. The van der Waals surface area contributed by atoms with Crippen molar-refractivity contribution in [1.29, 1.82) is 0 Å². The number of benzene rings is 1. The van der Waals surface area contributed by atoms with Gasteiger partial charge in [0.1, 0.15) is 0 Å². The highest BCUT2D eigenvalue weighted by Gasteiger charge is 2.09. The minimum atomic E-state index is 0.355. The molecule has 0 fully saturated rings. The number of nitrogens with zero attached hydrogens (tertiary/aromatic N) is 2. The first-order valence-corrected chi connectivity index (χ1v) is 6.13. The number of hydrogen-bond donors (Lipinski definition) is 1. The van der Waals surface area contributed by atoms with E-state index in [-0.39, 0.29) is 0 Å². The summed E-state index contributed by atoms with van der Waals surface area (Å²) in [4.78, 5) is 4.10. The second kappa shape index (κ2) is 5.64. The first-order valence-electron chi connectivity index (χ1n) is 6.13. The molecule has 0 radical (unpaired) electrons. The summed E-state index contributed by atoms with van der Waals surface area (Å²) in [6.45, 7) is 5.42. The summed E-state index contributed by atoms with van der Waals surface area (Å²) in [5, 5.41) is 3.52. The third-order valence-electron chi connectivity index (χ3n) is 2.89. The van der Waals surface area contributed by atoms with E-state index in [1.165, 1.54) is 11.3 Å². The van der Waals surface area contributed by atoms with Gasteiger partial charge in [0.15, 0.2) is 0 Å². The Labute approximate surface area is 103 Å². The smallest absolute Gasteiger partial charge is 0.0991 e. The van der Waals surface area contributed by atoms with Gasteiger partial charge >= 0.3 is 0 Å². The molecule has 1 aromatic heterocycles. The summed E-state index contributed by atoms with van der Waals surface area (Å²) in [6, 6.07) is 8.79. The molecule has 1 unspecified atom stereocenters. The lowest BCUT2D eigenvalue weighted by Gasteiger charge is -2.18. The molecule has 2 aromatic rings. The van der Waals surface area contributed by atoms with Crippen LogP contribution in [0.2, 0.25) is 0 Å². The minimum absolute atomic E-state index is 0.355. The summed E-state index contributed by atoms with van der Waals surface area (Å²) in [5.41, 5.74) is 2.50. The molecule has 3 heteroatoms. The van der Waals surface area contributed by atoms with Crippen LogP contribution in [0.5, 0.6) is 0 Å². The highest BCUT2D eigenvalue weighted by Crippen LogP contribution is 2.21. The summed E-state index contributed by atoms with van der Waals surface area (Å²) in [6.07, 6.45) is 6.77. The van der Waals surface area contributed by atoms with Crippen molar-refractivity contribution in [2.45, 2.75) is 26.3 Å². The molecule has 3 nitrogen and oxygen atoms in total. The van der Waals surface area contributed by atoms with Gasteiger partial charge in [-0.25, -0.2) is 4.98 Å². The number of aromatic nitrogens is 2. The Morgan fingerprint density at radius 2 is 2.18 bits per heavy atom. The van der Waals surface area contributed by atoms with E-state index in [2.05, 4.69) is 53.0 Å². The van der Waals surface area contributed by atoms with E-state index in [4.69, 9.17) is 0 Å². The fraction of sp³-hybridized carbons (Fsp3) is 0.357. The first kappa shape index (κ1) is 11.9. The normalized spacial score (nSPS) is 12.6. The van der Waals surface area contributed by atoms with Gasteiger partial charge in [0.2, 0.25) is 0 Å². The molecule has 17 heavy (non-hydrogen) atoms. The van der Waals surface area contributed by atoms with E-state index >= 15 is 0 Å². The van der Waals surface area contributed by atoms with Crippen LogP contribution in [0, 0.1) is 0 Å². The Balaban J connectivity index is 2.28. The monoisotopic (exact) mass is 229 g/mol. The van der Waals surface area contributed by atoms with Crippen molar-refractivity contribution < 1.29 is 0 Å². The van der Waals surface area contributed by atoms with Gasteiger partial charge in [-0.15, -0.1) is 0 Å². The average molecular weight is 229 g/mol. The lowest BCUT2D eigenvalue weighted by atomic mass is 10.1. The molecule has 0 amide bonds. The fourth-order valence-electron chi connectivity index (χ4n) is 1.96. The van der Waals surface area contributed by atoms with Gasteiger partial charge in [-0.2, -0.15) is 0 Å². The molecule has 1 aromatic carbocycles. The molecule has 1 heterocycles. The number of imidazole rings is 1. The van der Waals surface area contributed by atoms with Crippen molar-refractivity contribution in [2.24, 2.45) is 0 Å². The van der Waals surface area contributed by atoms with Gasteiger partial charge in [0.25, 0.3) is 0 Å². The molecule has 1 N–H and O–H groups in total. The molecule has 0 spiro atoms. The maximum absolute atomic E-state index is 4.10. The third kappa shape index (κ3) is 2.74. The van der Waals surface area contributed by atoms with Gasteiger partial charge in [0.05, 0.1) is 12.0 Å². The maximum atomic E-state index is 4.10. The predicted octanol–water partition coefficient (Wildman–Crippen LogP) is 2.93. The minimum Gasteiger partial charge on any atom is -0.310 e. The molecular weight excluding hydrogens is 210 g/mol. The van der Waals surface area contributed by atoms with E-state index in [0.717, 1.165) is 13.0 Å². The summed E-state index contributed by atoms with van der Waals surface area (Å²) in [7, 11) is 0. The maximum Gasteiger partial charge on any atom is 0.0991 e. The topological polar surface area (TPSA) is 29.9 Å². The zero-order valence-electron chi connectivity index (χ0n) is 10.4. The van der Waals surface area contributed by atoms with Gasteiger partial charge in [-0.3, -0.25) is 0 Å². The van der Waals surface area contributed by atoms with Crippen molar-refractivity contribution in [3.63, 3.8) is 0 Å². The van der Waals surface area contributed by atoms with Gasteiger partial charge in [0, 0.05) is 18.4 Å². The zero-order valence-corrected chi connectivity index (χ0v) is 10.4. The van der Waals surface area contributed by atoms with Crippen molar-refractivity contribution in [3.8, 4) is 5.69 Å². The lowest BCUT2D eigenvalue weighted by Crippen LogP contribution is -2.20. The Morgan fingerprint density at radius 3 is 2.88 bits per heavy atom. The van der Waals surface area contributed by atoms with Crippen LogP contribution in [0.25, 0.3) is 5.69 Å². The van der Waals surface area contributed by atoms with Gasteiger partial charge < -0.3 is 9.88 Å². The predicted molar refractivity (Wildman–Crippen MR) is 70.3 cm³/mol. The highest BCUT2D eigenvalue weighted by molar-refractivity contribution is 5.42. The molecule has 90 valence electrons. The Morgan fingerprint density at radius 1 is 1.35 bits per heavy atom. The van der Waals surface area contributed by atoms with E-state index in [1.54, 1.807) is 6.20 Å². The second-order valence-corrected chi connectivity index (χ2v) is 4.20. The van der Waals surface area contributed by atoms with Gasteiger partial charge in [-0.05, 0) is 31.5 Å². The SMILES string of the molecule is CCCNC(C)c1ccccc1-n1ccnc1. The molecule has 0 aliphatic rings. The lowest BCUT2D eigenvalue weighted by molar-refractivity contribution is 0.568. The fourth-order valence-corrected chi connectivity index (χ4v) is 1.96. The number of hydrogen-bond acceptors (Lipinski definition) is 2. The molecule has 0 aliphatic heterocycles. The second-order valence-electron chi connectivity index (χ2n) is 4.20. The molecular formula is C14H19N3. The standard InChI is InChI=1S/C14H19N3/c1-3-8-16-12(2)13-6-4-5-7-14(13)17-10-9-15-11-17/h4-7,9-12,16H,3,8H2,1-2H3. The van der Waals surface area contributed by atoms with E-state index in [9.17, 15) is 0 Å². The van der Waals surface area contributed by atoms with Crippen molar-refractivity contribution in [2.75, 3.05) is 6.54 Å². The molecule has 0 saturated carbocycles. The van der Waals surface area contributed by atoms with Crippen LogP contribution < -0.4 is 5.32 Å². The van der Waals surface area contributed by atoms with Crippen LogP contribution in [0.3, 0.4) is 0 Å². The Bertz CT molecular complexity index is 448. The summed E-state index contributed by atoms with van der Waals surface area (Å²) in [5.74, 6) is 0. The van der Waals surface area contributed by atoms with Crippen molar-refractivity contribution >= 4 is 0 Å². The largest absolute Gasteiger partial charge is 0.310 e. The van der Waals surface area contributed by atoms with Crippen LogP contribution in [-0.2, 0) is 0 Å². The van der Waals surface area contributed by atoms with Crippen LogP contribution in [0.4, 0.5) is 0 Å². The van der Waals surface area contributed by atoms with Crippen molar-refractivity contribution in [1.82, 2.24) is 14.9 Å². The number of nitrogens with one attached hydrogen (secondary N) is 1. The van der Waals surface area contributed by atoms with Crippen molar-refractivity contribution in [3.05, 3.63) is 48.5 Å². The number of para-hydroxylation sites is 1. The van der Waals surface area contributed by atoms with Gasteiger partial charge in [-0.1, -0.05) is 25.1 Å². The summed E-state index contributed by atoms with van der Waals surface area (Å²) >= 11 is 0. The molecule has 1 atom stereocenters.